The minimum Gasteiger partial charge on any atom is -0.354 e. The van der Waals surface area contributed by atoms with E-state index in [-0.39, 0.29) is 0 Å². The number of hydrogen-bond acceptors (Lipinski definition) is 5. The minimum atomic E-state index is 0.449. The molecule has 0 bridgehead atoms. The normalized spacial score (nSPS) is 16.2. The number of anilines is 1. The van der Waals surface area contributed by atoms with Crippen LogP contribution in [0.3, 0.4) is 0 Å². The van der Waals surface area contributed by atoms with Gasteiger partial charge in [-0.25, -0.2) is 14.5 Å². The molecule has 0 saturated carbocycles. The van der Waals surface area contributed by atoms with Gasteiger partial charge in [0.05, 0.1) is 11.9 Å². The van der Waals surface area contributed by atoms with Crippen LogP contribution in [0.2, 0.25) is 5.15 Å². The highest BCUT2D eigenvalue weighted by Gasteiger charge is 2.16. The molecule has 3 aromatic rings. The van der Waals surface area contributed by atoms with Crippen LogP contribution in [-0.2, 0) is 0 Å². The van der Waals surface area contributed by atoms with Crippen molar-refractivity contribution in [1.82, 2.24) is 24.5 Å². The molecular weight excluding hydrogens is 312 g/mol. The van der Waals surface area contributed by atoms with Gasteiger partial charge in [0, 0.05) is 37.9 Å². The second kappa shape index (κ2) is 5.79. The highest BCUT2D eigenvalue weighted by molar-refractivity contribution is 6.29. The number of aromatic nitrogens is 4. The first-order valence-corrected chi connectivity index (χ1v) is 7.99. The van der Waals surface area contributed by atoms with E-state index in [4.69, 9.17) is 11.6 Å². The van der Waals surface area contributed by atoms with Gasteiger partial charge in [-0.3, -0.25) is 0 Å². The molecule has 1 aliphatic heterocycles. The molecule has 0 amide bonds. The fourth-order valence-corrected chi connectivity index (χ4v) is 2.97. The van der Waals surface area contributed by atoms with Gasteiger partial charge < -0.3 is 9.80 Å². The number of hydrogen-bond donors (Lipinski definition) is 0. The van der Waals surface area contributed by atoms with Crippen LogP contribution in [0.25, 0.3) is 16.9 Å². The third kappa shape index (κ3) is 2.75. The van der Waals surface area contributed by atoms with Gasteiger partial charge in [0.1, 0.15) is 11.0 Å². The maximum atomic E-state index is 6.02. The number of piperazine rings is 1. The van der Waals surface area contributed by atoms with E-state index in [1.54, 1.807) is 10.6 Å². The topological polar surface area (TPSA) is 49.6 Å². The largest absolute Gasteiger partial charge is 0.354 e. The van der Waals surface area contributed by atoms with Crippen molar-refractivity contribution in [2.45, 2.75) is 0 Å². The molecule has 1 saturated heterocycles. The smallest absolute Gasteiger partial charge is 0.154 e. The molecular formula is C16H17ClN6. The van der Waals surface area contributed by atoms with E-state index in [0.29, 0.717) is 5.15 Å². The van der Waals surface area contributed by atoms with E-state index in [0.717, 1.165) is 48.9 Å². The highest BCUT2D eigenvalue weighted by atomic mass is 35.5. The molecule has 0 unspecified atom stereocenters. The van der Waals surface area contributed by atoms with Crippen molar-refractivity contribution < 1.29 is 0 Å². The molecule has 0 atom stereocenters. The van der Waals surface area contributed by atoms with E-state index >= 15 is 0 Å². The van der Waals surface area contributed by atoms with Gasteiger partial charge in [-0.05, 0) is 31.3 Å². The first-order chi connectivity index (χ1) is 11.2. The van der Waals surface area contributed by atoms with Crippen LogP contribution in [-0.4, -0.2) is 57.7 Å². The summed E-state index contributed by atoms with van der Waals surface area (Å²) < 4.78 is 1.77. The van der Waals surface area contributed by atoms with Gasteiger partial charge in [0.2, 0.25) is 0 Å². The molecule has 7 heteroatoms. The van der Waals surface area contributed by atoms with Crippen LogP contribution in [0.1, 0.15) is 0 Å². The lowest BCUT2D eigenvalue weighted by molar-refractivity contribution is 0.312. The molecule has 0 radical (unpaired) electrons. The van der Waals surface area contributed by atoms with Gasteiger partial charge in [0.15, 0.2) is 5.65 Å². The van der Waals surface area contributed by atoms with Crippen molar-refractivity contribution in [3.63, 3.8) is 0 Å². The number of fused-ring (bicyclic) bond motifs is 1. The van der Waals surface area contributed by atoms with Crippen molar-refractivity contribution in [3.8, 4) is 11.3 Å². The Morgan fingerprint density at radius 3 is 2.70 bits per heavy atom. The van der Waals surface area contributed by atoms with E-state index < -0.39 is 0 Å². The number of nitrogens with zero attached hydrogens (tertiary/aromatic N) is 6. The van der Waals surface area contributed by atoms with Gasteiger partial charge in [-0.2, -0.15) is 5.10 Å². The number of rotatable bonds is 2. The van der Waals surface area contributed by atoms with Crippen molar-refractivity contribution in [2.24, 2.45) is 0 Å². The lowest BCUT2D eigenvalue weighted by Crippen LogP contribution is -2.44. The van der Waals surface area contributed by atoms with Crippen LogP contribution in [0.4, 0.5) is 5.82 Å². The summed E-state index contributed by atoms with van der Waals surface area (Å²) in [6, 6.07) is 7.68. The maximum absolute atomic E-state index is 6.02. The summed E-state index contributed by atoms with van der Waals surface area (Å²) in [4.78, 5) is 13.6. The number of imidazole rings is 1. The van der Waals surface area contributed by atoms with Crippen molar-refractivity contribution in [3.05, 3.63) is 41.8 Å². The van der Waals surface area contributed by atoms with Gasteiger partial charge in [-0.15, -0.1) is 0 Å². The molecule has 23 heavy (non-hydrogen) atoms. The molecule has 3 aromatic heterocycles. The molecule has 0 spiro atoms. The van der Waals surface area contributed by atoms with Gasteiger partial charge >= 0.3 is 0 Å². The average Bonchev–Trinajstić information content (AvgIpc) is 2.98. The average molecular weight is 329 g/mol. The van der Waals surface area contributed by atoms with Crippen LogP contribution in [0.15, 0.2) is 36.7 Å². The van der Waals surface area contributed by atoms with Crippen molar-refractivity contribution >= 4 is 23.1 Å². The summed E-state index contributed by atoms with van der Waals surface area (Å²) in [5.74, 6) is 0.993. The second-order valence-corrected chi connectivity index (χ2v) is 6.15. The van der Waals surface area contributed by atoms with Crippen LogP contribution in [0.5, 0.6) is 0 Å². The Morgan fingerprint density at radius 2 is 1.87 bits per heavy atom. The molecule has 0 aromatic carbocycles. The van der Waals surface area contributed by atoms with Crippen molar-refractivity contribution in [2.75, 3.05) is 38.1 Å². The Labute approximate surface area is 139 Å². The predicted octanol–water partition coefficient (Wildman–Crippen LogP) is 2.20. The standard InChI is InChI=1S/C16H17ClN6/c1-21-6-8-22(9-7-21)16-10-12(4-5-18-16)13-11-19-15-3-2-14(17)20-23(13)15/h2-5,10-11H,6-9H2,1H3. The molecule has 1 aliphatic rings. The second-order valence-electron chi connectivity index (χ2n) is 5.76. The van der Waals surface area contributed by atoms with E-state index in [1.807, 2.05) is 24.5 Å². The summed E-state index contributed by atoms with van der Waals surface area (Å²) in [6.45, 7) is 4.09. The fourth-order valence-electron chi connectivity index (χ4n) is 2.83. The van der Waals surface area contributed by atoms with Crippen LogP contribution in [0, 0.1) is 0 Å². The van der Waals surface area contributed by atoms with E-state index in [2.05, 4.69) is 38.0 Å². The third-order valence-corrected chi connectivity index (χ3v) is 4.40. The molecule has 0 aliphatic carbocycles. The Kier molecular flexibility index (Phi) is 3.63. The summed E-state index contributed by atoms with van der Waals surface area (Å²) in [7, 11) is 2.15. The molecule has 1 fully saturated rings. The Morgan fingerprint density at radius 1 is 1.04 bits per heavy atom. The van der Waals surface area contributed by atoms with E-state index in [1.165, 1.54) is 0 Å². The fraction of sp³-hybridized carbons (Fsp3) is 0.312. The Balaban J connectivity index is 1.71. The Hall–Kier alpha value is -2.18. The number of pyridine rings is 1. The Bertz CT molecular complexity index is 837. The summed E-state index contributed by atoms with van der Waals surface area (Å²) in [6.07, 6.45) is 3.66. The summed E-state index contributed by atoms with van der Waals surface area (Å²) in [5.41, 5.74) is 2.74. The quantitative estimate of drug-likeness (QED) is 0.722. The predicted molar refractivity (Wildman–Crippen MR) is 90.9 cm³/mol. The zero-order valence-electron chi connectivity index (χ0n) is 12.9. The van der Waals surface area contributed by atoms with Gasteiger partial charge in [-0.1, -0.05) is 11.6 Å². The minimum absolute atomic E-state index is 0.449. The molecule has 4 rings (SSSR count). The first kappa shape index (κ1) is 14.4. The molecule has 4 heterocycles. The molecule has 6 nitrogen and oxygen atoms in total. The maximum Gasteiger partial charge on any atom is 0.154 e. The van der Waals surface area contributed by atoms with Crippen LogP contribution >= 0.6 is 11.6 Å². The highest BCUT2D eigenvalue weighted by Crippen LogP contribution is 2.24. The monoisotopic (exact) mass is 328 g/mol. The molecule has 0 N–H and O–H groups in total. The number of halogens is 1. The van der Waals surface area contributed by atoms with Crippen molar-refractivity contribution in [1.29, 1.82) is 0 Å². The lowest BCUT2D eigenvalue weighted by atomic mass is 10.2. The number of likely N-dealkylation sites (N-methyl/N-ethyl adjacent to an activating group) is 1. The SMILES string of the molecule is CN1CCN(c2cc(-c3cnc4ccc(Cl)nn34)ccn2)CC1. The van der Waals surface area contributed by atoms with Gasteiger partial charge in [0.25, 0.3) is 0 Å². The third-order valence-electron chi connectivity index (χ3n) is 4.20. The van der Waals surface area contributed by atoms with E-state index in [9.17, 15) is 0 Å². The van der Waals surface area contributed by atoms with Crippen LogP contribution < -0.4 is 4.90 Å². The lowest BCUT2D eigenvalue weighted by Gasteiger charge is -2.33. The summed E-state index contributed by atoms with van der Waals surface area (Å²) in [5, 5.41) is 4.79. The zero-order valence-corrected chi connectivity index (χ0v) is 13.6. The molecule has 118 valence electrons. The first-order valence-electron chi connectivity index (χ1n) is 7.61. The zero-order chi connectivity index (χ0) is 15.8. The summed E-state index contributed by atoms with van der Waals surface area (Å²) >= 11 is 6.02.